The Morgan fingerprint density at radius 3 is 2.71 bits per heavy atom. The number of amides is 1. The molecule has 3 atom stereocenters. The summed E-state index contributed by atoms with van der Waals surface area (Å²) in [6.45, 7) is 6.22. The fourth-order valence-electron chi connectivity index (χ4n) is 3.46. The van der Waals surface area contributed by atoms with Gasteiger partial charge in [0.25, 0.3) is 0 Å². The number of likely N-dealkylation sites (tertiary alicyclic amines) is 1. The van der Waals surface area contributed by atoms with Gasteiger partial charge in [0.05, 0.1) is 12.7 Å². The zero-order chi connectivity index (χ0) is 15.2. The van der Waals surface area contributed by atoms with Gasteiger partial charge in [-0.05, 0) is 44.9 Å². The number of piperidine rings is 1. The number of hydrogen-bond donors (Lipinski definition) is 2. The molecule has 1 saturated carbocycles. The summed E-state index contributed by atoms with van der Waals surface area (Å²) >= 11 is 0. The molecule has 5 heteroatoms. The maximum atomic E-state index is 11.7. The fourth-order valence-corrected chi connectivity index (χ4v) is 3.46. The number of carbonyl (C=O) groups excluding carboxylic acids is 1. The van der Waals surface area contributed by atoms with Gasteiger partial charge in [-0.2, -0.15) is 0 Å². The van der Waals surface area contributed by atoms with Crippen molar-refractivity contribution in [3.05, 3.63) is 0 Å². The van der Waals surface area contributed by atoms with Crippen LogP contribution >= 0.6 is 0 Å². The highest BCUT2D eigenvalue weighted by Gasteiger charge is 2.34. The van der Waals surface area contributed by atoms with Crippen LogP contribution in [0, 0.1) is 5.92 Å². The van der Waals surface area contributed by atoms with Crippen molar-refractivity contribution in [2.75, 3.05) is 19.7 Å². The molecular formula is C16H30N2O3. The van der Waals surface area contributed by atoms with Crippen LogP contribution in [0.4, 0.5) is 4.79 Å². The third-order valence-electron chi connectivity index (χ3n) is 4.83. The summed E-state index contributed by atoms with van der Waals surface area (Å²) in [6, 6.07) is 0.825. The van der Waals surface area contributed by atoms with E-state index in [0.29, 0.717) is 18.6 Å². The molecule has 2 fully saturated rings. The quantitative estimate of drug-likeness (QED) is 0.788. The lowest BCUT2D eigenvalue weighted by atomic mass is 9.84. The van der Waals surface area contributed by atoms with Gasteiger partial charge in [-0.25, -0.2) is 4.79 Å². The van der Waals surface area contributed by atoms with E-state index in [1.807, 2.05) is 13.8 Å². The van der Waals surface area contributed by atoms with E-state index in [9.17, 15) is 9.90 Å². The number of rotatable bonds is 6. The molecule has 2 rings (SSSR count). The highest BCUT2D eigenvalue weighted by atomic mass is 16.5. The molecule has 2 aliphatic rings. The standard InChI is InChI=1S/C16H30N2O3/c1-3-15(19)9-12-8-13(17-16(20)21-4-2)11-18(10-12)14-6-5-7-14/h12-15,19H,3-11H2,1-2H3,(H,17,20). The SMILES string of the molecule is CCOC(=O)NC1CC(CC(O)CC)CN(C2CCC2)C1. The topological polar surface area (TPSA) is 61.8 Å². The van der Waals surface area contributed by atoms with Gasteiger partial charge in [0.15, 0.2) is 0 Å². The minimum atomic E-state index is -0.312. The lowest BCUT2D eigenvalue weighted by molar-refractivity contribution is 0.0361. The van der Waals surface area contributed by atoms with Gasteiger partial charge in [0.2, 0.25) is 0 Å². The third kappa shape index (κ3) is 4.85. The molecule has 0 bridgehead atoms. The predicted molar refractivity (Wildman–Crippen MR) is 82.2 cm³/mol. The Morgan fingerprint density at radius 1 is 1.38 bits per heavy atom. The lowest BCUT2D eigenvalue weighted by Gasteiger charge is -2.45. The van der Waals surface area contributed by atoms with E-state index >= 15 is 0 Å². The number of hydrogen-bond acceptors (Lipinski definition) is 4. The molecule has 3 unspecified atom stereocenters. The summed E-state index contributed by atoms with van der Waals surface area (Å²) in [5.41, 5.74) is 0. The van der Waals surface area contributed by atoms with Crippen LogP contribution < -0.4 is 5.32 Å². The first-order chi connectivity index (χ1) is 10.1. The van der Waals surface area contributed by atoms with Crippen molar-refractivity contribution in [1.29, 1.82) is 0 Å². The van der Waals surface area contributed by atoms with Gasteiger partial charge in [0.1, 0.15) is 0 Å². The van der Waals surface area contributed by atoms with E-state index in [1.54, 1.807) is 0 Å². The van der Waals surface area contributed by atoms with Crippen molar-refractivity contribution in [2.45, 2.75) is 70.6 Å². The molecule has 1 aliphatic carbocycles. The van der Waals surface area contributed by atoms with E-state index in [1.165, 1.54) is 19.3 Å². The Morgan fingerprint density at radius 2 is 2.14 bits per heavy atom. The normalized spacial score (nSPS) is 28.7. The zero-order valence-electron chi connectivity index (χ0n) is 13.4. The first kappa shape index (κ1) is 16.6. The van der Waals surface area contributed by atoms with Gasteiger partial charge < -0.3 is 15.2 Å². The summed E-state index contributed by atoms with van der Waals surface area (Å²) in [5.74, 6) is 0.459. The first-order valence-electron chi connectivity index (χ1n) is 8.47. The summed E-state index contributed by atoms with van der Waals surface area (Å²) in [5, 5.41) is 12.9. The van der Waals surface area contributed by atoms with Gasteiger partial charge in [0, 0.05) is 25.2 Å². The van der Waals surface area contributed by atoms with Crippen molar-refractivity contribution in [3.8, 4) is 0 Å². The Hall–Kier alpha value is -0.810. The fraction of sp³-hybridized carbons (Fsp3) is 0.938. The Labute approximate surface area is 128 Å². The second-order valence-electron chi connectivity index (χ2n) is 6.50. The highest BCUT2D eigenvalue weighted by molar-refractivity contribution is 5.67. The van der Waals surface area contributed by atoms with E-state index in [4.69, 9.17) is 4.74 Å². The van der Waals surface area contributed by atoms with E-state index in [0.717, 1.165) is 32.4 Å². The minimum Gasteiger partial charge on any atom is -0.450 e. The van der Waals surface area contributed by atoms with Gasteiger partial charge in [-0.1, -0.05) is 13.3 Å². The first-order valence-corrected chi connectivity index (χ1v) is 8.47. The molecule has 1 amide bonds. The monoisotopic (exact) mass is 298 g/mol. The van der Waals surface area contributed by atoms with E-state index in [2.05, 4.69) is 10.2 Å². The van der Waals surface area contributed by atoms with Gasteiger partial charge in [-0.3, -0.25) is 4.90 Å². The molecule has 21 heavy (non-hydrogen) atoms. The largest absolute Gasteiger partial charge is 0.450 e. The number of aliphatic hydroxyl groups is 1. The summed E-state index contributed by atoms with van der Waals surface area (Å²) in [7, 11) is 0. The minimum absolute atomic E-state index is 0.146. The summed E-state index contributed by atoms with van der Waals surface area (Å²) in [6.07, 6.45) is 5.91. The van der Waals surface area contributed by atoms with Crippen molar-refractivity contribution in [2.24, 2.45) is 5.92 Å². The number of nitrogens with one attached hydrogen (secondary N) is 1. The van der Waals surface area contributed by atoms with Crippen LogP contribution in [0.15, 0.2) is 0 Å². The lowest BCUT2D eigenvalue weighted by Crippen LogP contribution is -2.55. The molecule has 1 saturated heterocycles. The number of aliphatic hydroxyl groups excluding tert-OH is 1. The van der Waals surface area contributed by atoms with Crippen molar-refractivity contribution < 1.29 is 14.6 Å². The average molecular weight is 298 g/mol. The molecule has 1 heterocycles. The zero-order valence-corrected chi connectivity index (χ0v) is 13.4. The molecule has 122 valence electrons. The van der Waals surface area contributed by atoms with Crippen LogP contribution in [0.5, 0.6) is 0 Å². The maximum absolute atomic E-state index is 11.7. The second-order valence-corrected chi connectivity index (χ2v) is 6.50. The number of carbonyl (C=O) groups is 1. The molecule has 2 N–H and O–H groups in total. The average Bonchev–Trinajstić information content (AvgIpc) is 2.36. The molecule has 0 aromatic rings. The van der Waals surface area contributed by atoms with Crippen molar-refractivity contribution >= 4 is 6.09 Å². The van der Waals surface area contributed by atoms with Crippen LogP contribution in [0.2, 0.25) is 0 Å². The van der Waals surface area contributed by atoms with Crippen LogP contribution in [0.25, 0.3) is 0 Å². The summed E-state index contributed by atoms with van der Waals surface area (Å²) in [4.78, 5) is 14.2. The molecular weight excluding hydrogens is 268 g/mol. The molecule has 1 aliphatic heterocycles. The van der Waals surface area contributed by atoms with Crippen LogP contribution in [-0.4, -0.2) is 54.0 Å². The summed E-state index contributed by atoms with van der Waals surface area (Å²) < 4.78 is 5.00. The molecule has 0 radical (unpaired) electrons. The molecule has 0 aromatic heterocycles. The number of ether oxygens (including phenoxy) is 1. The predicted octanol–water partition coefficient (Wildman–Crippen LogP) is 2.14. The third-order valence-corrected chi connectivity index (χ3v) is 4.83. The van der Waals surface area contributed by atoms with Crippen molar-refractivity contribution in [1.82, 2.24) is 10.2 Å². The van der Waals surface area contributed by atoms with E-state index in [-0.39, 0.29) is 18.2 Å². The van der Waals surface area contributed by atoms with Gasteiger partial charge in [-0.15, -0.1) is 0 Å². The maximum Gasteiger partial charge on any atom is 0.407 e. The van der Waals surface area contributed by atoms with Crippen LogP contribution in [0.3, 0.4) is 0 Å². The van der Waals surface area contributed by atoms with Gasteiger partial charge >= 0.3 is 6.09 Å². The smallest absolute Gasteiger partial charge is 0.407 e. The van der Waals surface area contributed by atoms with Crippen LogP contribution in [-0.2, 0) is 4.74 Å². The van der Waals surface area contributed by atoms with Crippen LogP contribution in [0.1, 0.15) is 52.4 Å². The second kappa shape index (κ2) is 7.99. The Kier molecular flexibility index (Phi) is 6.30. The Balaban J connectivity index is 1.90. The van der Waals surface area contributed by atoms with Crippen molar-refractivity contribution in [3.63, 3.8) is 0 Å². The Bertz CT molecular complexity index is 333. The molecule has 0 aromatic carbocycles. The van der Waals surface area contributed by atoms with E-state index < -0.39 is 0 Å². The highest BCUT2D eigenvalue weighted by Crippen LogP contribution is 2.31. The number of alkyl carbamates (subject to hydrolysis) is 1. The molecule has 0 spiro atoms. The number of nitrogens with zero attached hydrogens (tertiary/aromatic N) is 1. The molecule has 5 nitrogen and oxygen atoms in total.